The minimum Gasteiger partial charge on any atom is -0.308 e. The third kappa shape index (κ3) is 2.35. The Bertz CT molecular complexity index is 948. The molecule has 5 heteroatoms. The molecule has 3 aliphatic rings. The van der Waals surface area contributed by atoms with Gasteiger partial charge in [-0.25, -0.2) is 4.99 Å². The highest BCUT2D eigenvalue weighted by atomic mass is 35.5. The number of thioether (sulfide) groups is 1. The summed E-state index contributed by atoms with van der Waals surface area (Å²) in [5.41, 5.74) is 4.02. The summed E-state index contributed by atoms with van der Waals surface area (Å²) in [6.45, 7) is 0. The number of rotatable bonds is 1. The number of hydrogen-bond acceptors (Lipinski definition) is 4. The molecule has 2 aromatic carbocycles. The van der Waals surface area contributed by atoms with E-state index in [4.69, 9.17) is 16.6 Å². The summed E-state index contributed by atoms with van der Waals surface area (Å²) >= 11 is 7.77. The molecule has 5 rings (SSSR count). The highest BCUT2D eigenvalue weighted by Gasteiger charge is 2.42. The van der Waals surface area contributed by atoms with E-state index in [0.717, 1.165) is 40.5 Å². The number of nitrogens with zero attached hydrogens (tertiary/aromatic N) is 2. The molecule has 3 nitrogen and oxygen atoms in total. The molecule has 0 amide bonds. The zero-order chi connectivity index (χ0) is 17.0. The zero-order valence-corrected chi connectivity index (χ0v) is 15.0. The van der Waals surface area contributed by atoms with Crippen LogP contribution in [0.4, 0.5) is 5.69 Å². The van der Waals surface area contributed by atoms with Crippen LogP contribution < -0.4 is 4.90 Å². The second-order valence-electron chi connectivity index (χ2n) is 6.43. The van der Waals surface area contributed by atoms with Crippen molar-refractivity contribution in [3.05, 3.63) is 70.4 Å². The number of amidine groups is 1. The number of hydrogen-bond donors (Lipinski definition) is 0. The summed E-state index contributed by atoms with van der Waals surface area (Å²) in [6.07, 6.45) is 2.37. The summed E-state index contributed by atoms with van der Waals surface area (Å²) in [6, 6.07) is 16.0. The van der Waals surface area contributed by atoms with Crippen molar-refractivity contribution in [3.63, 3.8) is 0 Å². The highest BCUT2D eigenvalue weighted by Crippen LogP contribution is 2.51. The molecule has 0 saturated carbocycles. The fourth-order valence-electron chi connectivity index (χ4n) is 3.80. The number of benzene rings is 2. The molecule has 0 fully saturated rings. The van der Waals surface area contributed by atoms with Crippen LogP contribution in [-0.2, 0) is 4.79 Å². The van der Waals surface area contributed by atoms with Gasteiger partial charge in [-0.05, 0) is 54.4 Å². The van der Waals surface area contributed by atoms with E-state index >= 15 is 0 Å². The minimum atomic E-state index is -0.122. The predicted octanol–water partition coefficient (Wildman–Crippen LogP) is 5.37. The number of halogens is 1. The van der Waals surface area contributed by atoms with E-state index in [-0.39, 0.29) is 11.8 Å². The van der Waals surface area contributed by atoms with Gasteiger partial charge in [0, 0.05) is 21.9 Å². The molecule has 2 aliphatic heterocycles. The quantitative estimate of drug-likeness (QED) is 0.680. The number of allylic oxidation sites excluding steroid dienone is 1. The number of anilines is 1. The van der Waals surface area contributed by atoms with Gasteiger partial charge in [0.2, 0.25) is 0 Å². The van der Waals surface area contributed by atoms with Gasteiger partial charge in [-0.1, -0.05) is 35.9 Å². The van der Waals surface area contributed by atoms with E-state index in [9.17, 15) is 4.79 Å². The number of aliphatic imine (C=N–C) groups is 1. The number of para-hydroxylation sites is 1. The van der Waals surface area contributed by atoms with Crippen molar-refractivity contribution in [2.45, 2.75) is 30.2 Å². The van der Waals surface area contributed by atoms with E-state index < -0.39 is 0 Å². The lowest BCUT2D eigenvalue weighted by molar-refractivity contribution is -0.116. The summed E-state index contributed by atoms with van der Waals surface area (Å²) in [7, 11) is 0. The SMILES string of the molecule is O=C1CCCC2=C1C(c1ccc(Cl)cc1)N1C(=N2)Sc2ccccc21. The third-order valence-electron chi connectivity index (χ3n) is 4.91. The van der Waals surface area contributed by atoms with Gasteiger partial charge in [0.05, 0.1) is 17.4 Å². The Balaban J connectivity index is 1.73. The Morgan fingerprint density at radius 2 is 1.88 bits per heavy atom. The van der Waals surface area contributed by atoms with Gasteiger partial charge in [-0.3, -0.25) is 4.79 Å². The fourth-order valence-corrected chi connectivity index (χ4v) is 5.00. The molecule has 0 bridgehead atoms. The average Bonchev–Trinajstić information content (AvgIpc) is 2.99. The molecule has 1 unspecified atom stereocenters. The lowest BCUT2D eigenvalue weighted by atomic mass is 9.85. The molecule has 0 saturated heterocycles. The molecule has 0 N–H and O–H groups in total. The third-order valence-corrected chi connectivity index (χ3v) is 6.20. The summed E-state index contributed by atoms with van der Waals surface area (Å²) in [4.78, 5) is 21.1. The topological polar surface area (TPSA) is 32.7 Å². The maximum absolute atomic E-state index is 12.8. The molecule has 0 aromatic heterocycles. The first-order valence-corrected chi connectivity index (χ1v) is 9.58. The first-order chi connectivity index (χ1) is 12.2. The van der Waals surface area contributed by atoms with Gasteiger partial charge in [0.15, 0.2) is 11.0 Å². The van der Waals surface area contributed by atoms with Gasteiger partial charge in [-0.15, -0.1) is 0 Å². The van der Waals surface area contributed by atoms with Crippen molar-refractivity contribution in [3.8, 4) is 0 Å². The Labute approximate surface area is 155 Å². The number of carbonyl (C=O) groups excluding carboxylic acids is 1. The maximum atomic E-state index is 12.8. The summed E-state index contributed by atoms with van der Waals surface area (Å²) < 4.78 is 0. The monoisotopic (exact) mass is 366 g/mol. The predicted molar refractivity (Wildman–Crippen MR) is 102 cm³/mol. The summed E-state index contributed by atoms with van der Waals surface area (Å²) in [5, 5.41) is 1.67. The lowest BCUT2D eigenvalue weighted by Crippen LogP contribution is -2.38. The standard InChI is InChI=1S/C20H15ClN2OS/c21-13-10-8-12(9-11-13)19-18-14(4-3-6-16(18)24)22-20-23(19)15-5-1-2-7-17(15)25-20/h1-2,5,7-11,19H,3-4,6H2. The molecule has 2 heterocycles. The number of carbonyl (C=O) groups is 1. The van der Waals surface area contributed by atoms with E-state index in [1.165, 1.54) is 4.90 Å². The Morgan fingerprint density at radius 1 is 1.08 bits per heavy atom. The van der Waals surface area contributed by atoms with Crippen LogP contribution in [0.3, 0.4) is 0 Å². The first kappa shape index (κ1) is 15.2. The molecule has 2 aromatic rings. The lowest BCUT2D eigenvalue weighted by Gasteiger charge is -2.37. The van der Waals surface area contributed by atoms with Crippen LogP contribution in [0.5, 0.6) is 0 Å². The molecular weight excluding hydrogens is 352 g/mol. The molecule has 1 aliphatic carbocycles. The van der Waals surface area contributed by atoms with Crippen LogP contribution in [0.25, 0.3) is 0 Å². The molecule has 124 valence electrons. The van der Waals surface area contributed by atoms with Crippen LogP contribution >= 0.6 is 23.4 Å². The van der Waals surface area contributed by atoms with E-state index in [1.807, 2.05) is 36.4 Å². The largest absolute Gasteiger partial charge is 0.308 e. The van der Waals surface area contributed by atoms with Crippen molar-refractivity contribution < 1.29 is 4.79 Å². The Hall–Kier alpha value is -2.04. The first-order valence-electron chi connectivity index (χ1n) is 8.39. The van der Waals surface area contributed by atoms with E-state index in [1.54, 1.807) is 11.8 Å². The van der Waals surface area contributed by atoms with Crippen molar-refractivity contribution >= 4 is 40.0 Å². The zero-order valence-electron chi connectivity index (χ0n) is 13.4. The van der Waals surface area contributed by atoms with Crippen molar-refractivity contribution in [2.24, 2.45) is 4.99 Å². The van der Waals surface area contributed by atoms with Crippen LogP contribution in [0.15, 0.2) is 69.7 Å². The molecular formula is C20H15ClN2OS. The molecule has 25 heavy (non-hydrogen) atoms. The van der Waals surface area contributed by atoms with Crippen molar-refractivity contribution in [2.75, 3.05) is 4.90 Å². The van der Waals surface area contributed by atoms with Crippen molar-refractivity contribution in [1.29, 1.82) is 0 Å². The Morgan fingerprint density at radius 3 is 2.72 bits per heavy atom. The van der Waals surface area contributed by atoms with Gasteiger partial charge < -0.3 is 4.90 Å². The second kappa shape index (κ2) is 5.75. The van der Waals surface area contributed by atoms with Crippen LogP contribution in [0.1, 0.15) is 30.9 Å². The second-order valence-corrected chi connectivity index (χ2v) is 7.87. The average molecular weight is 367 g/mol. The normalized spacial score (nSPS) is 21.6. The van der Waals surface area contributed by atoms with Crippen LogP contribution in [-0.4, -0.2) is 11.0 Å². The minimum absolute atomic E-state index is 0.122. The van der Waals surface area contributed by atoms with Gasteiger partial charge in [0.1, 0.15) is 0 Å². The fraction of sp³-hybridized carbons (Fsp3) is 0.200. The number of ketones is 1. The smallest absolute Gasteiger partial charge is 0.174 e. The van der Waals surface area contributed by atoms with Crippen molar-refractivity contribution in [1.82, 2.24) is 0 Å². The van der Waals surface area contributed by atoms with Gasteiger partial charge in [0.25, 0.3) is 0 Å². The maximum Gasteiger partial charge on any atom is 0.174 e. The van der Waals surface area contributed by atoms with Gasteiger partial charge >= 0.3 is 0 Å². The summed E-state index contributed by atoms with van der Waals surface area (Å²) in [5.74, 6) is 0.221. The van der Waals surface area contributed by atoms with Gasteiger partial charge in [-0.2, -0.15) is 0 Å². The molecule has 1 atom stereocenters. The van der Waals surface area contributed by atoms with Crippen LogP contribution in [0, 0.1) is 0 Å². The highest BCUT2D eigenvalue weighted by molar-refractivity contribution is 8.14. The number of fused-ring (bicyclic) bond motifs is 3. The molecule has 0 radical (unpaired) electrons. The molecule has 0 spiro atoms. The van der Waals surface area contributed by atoms with E-state index in [0.29, 0.717) is 11.4 Å². The Kier molecular flexibility index (Phi) is 3.50. The van der Waals surface area contributed by atoms with E-state index in [2.05, 4.69) is 17.0 Å². The van der Waals surface area contributed by atoms with Crippen LogP contribution in [0.2, 0.25) is 5.02 Å². The number of Topliss-reactive ketones (excluding diaryl/α,β-unsaturated/α-hetero) is 1.